The van der Waals surface area contributed by atoms with Crippen molar-refractivity contribution in [3.8, 4) is 0 Å². The van der Waals surface area contributed by atoms with E-state index in [1.807, 2.05) is 4.90 Å². The van der Waals surface area contributed by atoms with Gasteiger partial charge in [0.2, 0.25) is 5.91 Å². The fraction of sp³-hybridized carbons (Fsp3) is 0.562. The molecule has 1 saturated carbocycles. The van der Waals surface area contributed by atoms with Crippen LogP contribution in [0.25, 0.3) is 0 Å². The van der Waals surface area contributed by atoms with Crippen molar-refractivity contribution in [3.05, 3.63) is 35.4 Å². The number of amides is 1. The van der Waals surface area contributed by atoms with E-state index in [4.69, 9.17) is 4.74 Å². The number of nitrogens with one attached hydrogen (secondary N) is 1. The van der Waals surface area contributed by atoms with Gasteiger partial charge < -0.3 is 15.0 Å². The van der Waals surface area contributed by atoms with Crippen molar-refractivity contribution in [2.75, 3.05) is 19.8 Å². The van der Waals surface area contributed by atoms with E-state index in [0.29, 0.717) is 25.8 Å². The molecule has 2 fully saturated rings. The Morgan fingerprint density at radius 1 is 1.45 bits per heavy atom. The first-order valence-electron chi connectivity index (χ1n) is 7.41. The lowest BCUT2D eigenvalue weighted by atomic mass is 10.1. The highest BCUT2D eigenvalue weighted by molar-refractivity contribution is 5.82. The molecule has 2 aliphatic rings. The maximum Gasteiger partial charge on any atom is 0.242 e. The highest BCUT2D eigenvalue weighted by atomic mass is 16.5. The van der Waals surface area contributed by atoms with Crippen LogP contribution in [0, 0.1) is 6.92 Å². The second-order valence-corrected chi connectivity index (χ2v) is 5.77. The van der Waals surface area contributed by atoms with E-state index in [-0.39, 0.29) is 11.9 Å². The number of carbonyl (C=O) groups excluding carboxylic acids is 1. The Morgan fingerprint density at radius 2 is 2.30 bits per heavy atom. The number of aryl methyl sites for hydroxylation is 1. The molecule has 4 heteroatoms. The molecule has 20 heavy (non-hydrogen) atoms. The Hall–Kier alpha value is -1.39. The summed E-state index contributed by atoms with van der Waals surface area (Å²) in [5.74, 6) is 0.189. The molecule has 3 rings (SSSR count). The highest BCUT2D eigenvalue weighted by Gasteiger charge is 2.36. The molecule has 1 aliphatic heterocycles. The fourth-order valence-corrected chi connectivity index (χ4v) is 2.70. The van der Waals surface area contributed by atoms with Crippen molar-refractivity contribution in [1.29, 1.82) is 0 Å². The van der Waals surface area contributed by atoms with Gasteiger partial charge in [-0.05, 0) is 25.3 Å². The van der Waals surface area contributed by atoms with Crippen molar-refractivity contribution in [2.45, 2.75) is 38.4 Å². The molecule has 1 N–H and O–H groups in total. The van der Waals surface area contributed by atoms with E-state index < -0.39 is 0 Å². The first-order chi connectivity index (χ1) is 9.74. The minimum Gasteiger partial charge on any atom is -0.378 e. The molecule has 1 aromatic carbocycles. The maximum atomic E-state index is 12.7. The molecule has 4 nitrogen and oxygen atoms in total. The molecule has 0 aromatic heterocycles. The van der Waals surface area contributed by atoms with Crippen molar-refractivity contribution in [2.24, 2.45) is 0 Å². The van der Waals surface area contributed by atoms with Gasteiger partial charge in [-0.2, -0.15) is 0 Å². The summed E-state index contributed by atoms with van der Waals surface area (Å²) in [6.45, 7) is 4.76. The normalized spacial score (nSPS) is 22.6. The number of ether oxygens (including phenoxy) is 1. The lowest BCUT2D eigenvalue weighted by Crippen LogP contribution is -2.52. The molecule has 1 unspecified atom stereocenters. The molecule has 1 amide bonds. The zero-order valence-electron chi connectivity index (χ0n) is 12.0. The van der Waals surface area contributed by atoms with Crippen molar-refractivity contribution in [1.82, 2.24) is 10.2 Å². The molecule has 1 atom stereocenters. The van der Waals surface area contributed by atoms with E-state index >= 15 is 0 Å². The molecule has 1 heterocycles. The van der Waals surface area contributed by atoms with Crippen molar-refractivity contribution in [3.63, 3.8) is 0 Å². The van der Waals surface area contributed by atoms with Crippen LogP contribution in [0.4, 0.5) is 0 Å². The Bertz CT molecular complexity index is 479. The number of benzene rings is 1. The van der Waals surface area contributed by atoms with Crippen LogP contribution in [-0.4, -0.2) is 42.6 Å². The van der Waals surface area contributed by atoms with Crippen LogP contribution in [0.2, 0.25) is 0 Å². The standard InChI is InChI=1S/C16H22N2O2/c1-12-3-2-4-13(9-12)10-18(14-5-6-14)16(19)15-11-20-8-7-17-15/h2-4,9,14-15,17H,5-8,10-11H2,1H3. The molecule has 0 radical (unpaired) electrons. The second kappa shape index (κ2) is 5.94. The summed E-state index contributed by atoms with van der Waals surface area (Å²) in [7, 11) is 0. The van der Waals surface area contributed by atoms with Gasteiger partial charge in [-0.3, -0.25) is 4.79 Å². The van der Waals surface area contributed by atoms with Gasteiger partial charge in [-0.1, -0.05) is 29.8 Å². The van der Waals surface area contributed by atoms with E-state index in [1.165, 1.54) is 11.1 Å². The molecule has 0 spiro atoms. The predicted octanol–water partition coefficient (Wildman–Crippen LogP) is 1.47. The summed E-state index contributed by atoms with van der Waals surface area (Å²) in [6.07, 6.45) is 2.26. The number of hydrogen-bond acceptors (Lipinski definition) is 3. The van der Waals surface area contributed by atoms with Crippen LogP contribution < -0.4 is 5.32 Å². The minimum atomic E-state index is -0.172. The van der Waals surface area contributed by atoms with Gasteiger partial charge in [-0.25, -0.2) is 0 Å². The second-order valence-electron chi connectivity index (χ2n) is 5.77. The topological polar surface area (TPSA) is 41.6 Å². The van der Waals surface area contributed by atoms with E-state index in [1.54, 1.807) is 0 Å². The Morgan fingerprint density at radius 3 is 2.95 bits per heavy atom. The van der Waals surface area contributed by atoms with Crippen LogP contribution in [0.3, 0.4) is 0 Å². The number of hydrogen-bond donors (Lipinski definition) is 1. The van der Waals surface area contributed by atoms with Crippen LogP contribution in [0.5, 0.6) is 0 Å². The first-order valence-corrected chi connectivity index (χ1v) is 7.41. The van der Waals surface area contributed by atoms with E-state index in [0.717, 1.165) is 19.4 Å². The highest BCUT2D eigenvalue weighted by Crippen LogP contribution is 2.29. The molecule has 1 saturated heterocycles. The lowest BCUT2D eigenvalue weighted by Gasteiger charge is -2.30. The Kier molecular flexibility index (Phi) is 4.03. The quantitative estimate of drug-likeness (QED) is 0.904. The van der Waals surface area contributed by atoms with Crippen LogP contribution >= 0.6 is 0 Å². The monoisotopic (exact) mass is 274 g/mol. The van der Waals surface area contributed by atoms with Crippen molar-refractivity contribution < 1.29 is 9.53 Å². The van der Waals surface area contributed by atoms with Gasteiger partial charge in [-0.15, -0.1) is 0 Å². The molecule has 1 aromatic rings. The minimum absolute atomic E-state index is 0.172. The summed E-state index contributed by atoms with van der Waals surface area (Å²) >= 11 is 0. The summed E-state index contributed by atoms with van der Waals surface area (Å²) in [5.41, 5.74) is 2.45. The van der Waals surface area contributed by atoms with Gasteiger partial charge in [0.25, 0.3) is 0 Å². The number of morpholine rings is 1. The smallest absolute Gasteiger partial charge is 0.242 e. The summed E-state index contributed by atoms with van der Waals surface area (Å²) in [4.78, 5) is 14.7. The summed E-state index contributed by atoms with van der Waals surface area (Å²) in [6, 6.07) is 8.65. The number of rotatable bonds is 4. The van der Waals surface area contributed by atoms with Crippen molar-refractivity contribution >= 4 is 5.91 Å². The van der Waals surface area contributed by atoms with Gasteiger partial charge in [0.1, 0.15) is 6.04 Å². The van der Waals surface area contributed by atoms with Gasteiger partial charge in [0.05, 0.1) is 13.2 Å². The number of nitrogens with zero attached hydrogens (tertiary/aromatic N) is 1. The van der Waals surface area contributed by atoms with Gasteiger partial charge >= 0.3 is 0 Å². The zero-order chi connectivity index (χ0) is 13.9. The molecule has 108 valence electrons. The van der Waals surface area contributed by atoms with Gasteiger partial charge in [0.15, 0.2) is 0 Å². The fourth-order valence-electron chi connectivity index (χ4n) is 2.70. The van der Waals surface area contributed by atoms with E-state index in [2.05, 4.69) is 36.5 Å². The SMILES string of the molecule is Cc1cccc(CN(C(=O)C2COCCN2)C2CC2)c1. The predicted molar refractivity (Wildman–Crippen MR) is 77.4 cm³/mol. The number of carbonyl (C=O) groups is 1. The van der Waals surface area contributed by atoms with Crippen LogP contribution in [0.1, 0.15) is 24.0 Å². The van der Waals surface area contributed by atoms with Gasteiger partial charge in [0, 0.05) is 19.1 Å². The third-order valence-corrected chi connectivity index (χ3v) is 3.93. The zero-order valence-corrected chi connectivity index (χ0v) is 12.0. The Balaban J connectivity index is 1.70. The molecule has 1 aliphatic carbocycles. The summed E-state index contributed by atoms with van der Waals surface area (Å²) < 4.78 is 5.41. The lowest BCUT2D eigenvalue weighted by molar-refractivity contribution is -0.137. The average molecular weight is 274 g/mol. The average Bonchev–Trinajstić information content (AvgIpc) is 3.30. The summed E-state index contributed by atoms with van der Waals surface area (Å²) in [5, 5.41) is 3.26. The maximum absolute atomic E-state index is 12.7. The Labute approximate surface area is 120 Å². The molecule has 0 bridgehead atoms. The molecular formula is C16H22N2O2. The van der Waals surface area contributed by atoms with E-state index in [9.17, 15) is 4.79 Å². The third kappa shape index (κ3) is 3.19. The van der Waals surface area contributed by atoms with Crippen LogP contribution in [-0.2, 0) is 16.1 Å². The molecular weight excluding hydrogens is 252 g/mol. The first kappa shape index (κ1) is 13.6. The largest absolute Gasteiger partial charge is 0.378 e. The van der Waals surface area contributed by atoms with Crippen LogP contribution in [0.15, 0.2) is 24.3 Å². The third-order valence-electron chi connectivity index (χ3n) is 3.93.